The summed E-state index contributed by atoms with van der Waals surface area (Å²) in [5.74, 6) is 0.0746. The van der Waals surface area contributed by atoms with E-state index in [1.54, 1.807) is 11.3 Å². The van der Waals surface area contributed by atoms with E-state index in [4.69, 9.17) is 0 Å². The SMILES string of the molecule is CCc1nc(CC(=O)NCCNC2CCCCCC2)cs1. The first-order valence-electron chi connectivity index (χ1n) is 8.21. The molecule has 1 aromatic heterocycles. The smallest absolute Gasteiger partial charge is 0.226 e. The molecule has 1 aliphatic carbocycles. The molecule has 21 heavy (non-hydrogen) atoms. The van der Waals surface area contributed by atoms with Gasteiger partial charge in [0.25, 0.3) is 0 Å². The van der Waals surface area contributed by atoms with E-state index in [1.165, 1.54) is 38.5 Å². The van der Waals surface area contributed by atoms with Crippen molar-refractivity contribution in [1.82, 2.24) is 15.6 Å². The largest absolute Gasteiger partial charge is 0.354 e. The number of aryl methyl sites for hydroxylation is 1. The highest BCUT2D eigenvalue weighted by Gasteiger charge is 2.11. The van der Waals surface area contributed by atoms with Crippen molar-refractivity contribution in [1.29, 1.82) is 0 Å². The van der Waals surface area contributed by atoms with Crippen LogP contribution in [0.15, 0.2) is 5.38 Å². The Balaban J connectivity index is 1.58. The summed E-state index contributed by atoms with van der Waals surface area (Å²) in [5, 5.41) is 9.64. The summed E-state index contributed by atoms with van der Waals surface area (Å²) in [5.41, 5.74) is 0.895. The summed E-state index contributed by atoms with van der Waals surface area (Å²) >= 11 is 1.64. The highest BCUT2D eigenvalue weighted by atomic mass is 32.1. The number of amides is 1. The summed E-state index contributed by atoms with van der Waals surface area (Å²) in [6.07, 6.45) is 9.35. The number of hydrogen-bond donors (Lipinski definition) is 2. The van der Waals surface area contributed by atoms with Crippen LogP contribution < -0.4 is 10.6 Å². The van der Waals surface area contributed by atoms with Crippen molar-refractivity contribution in [2.75, 3.05) is 13.1 Å². The normalized spacial score (nSPS) is 16.6. The minimum absolute atomic E-state index is 0.0746. The van der Waals surface area contributed by atoms with E-state index >= 15 is 0 Å². The van der Waals surface area contributed by atoms with Crippen molar-refractivity contribution in [2.24, 2.45) is 0 Å². The number of carbonyl (C=O) groups excluding carboxylic acids is 1. The Morgan fingerprint density at radius 3 is 2.71 bits per heavy atom. The van der Waals surface area contributed by atoms with E-state index in [0.29, 0.717) is 19.0 Å². The van der Waals surface area contributed by atoms with E-state index < -0.39 is 0 Å². The third-order valence-corrected chi connectivity index (χ3v) is 5.02. The number of hydrogen-bond acceptors (Lipinski definition) is 4. The lowest BCUT2D eigenvalue weighted by Gasteiger charge is -2.16. The van der Waals surface area contributed by atoms with Crippen molar-refractivity contribution >= 4 is 17.2 Å². The molecule has 0 spiro atoms. The molecule has 1 fully saturated rings. The van der Waals surface area contributed by atoms with Gasteiger partial charge in [0.15, 0.2) is 0 Å². The minimum atomic E-state index is 0.0746. The molecule has 1 amide bonds. The lowest BCUT2D eigenvalue weighted by atomic mass is 10.1. The van der Waals surface area contributed by atoms with Crippen LogP contribution in [-0.4, -0.2) is 30.0 Å². The van der Waals surface area contributed by atoms with Crippen molar-refractivity contribution in [3.63, 3.8) is 0 Å². The van der Waals surface area contributed by atoms with Gasteiger partial charge in [0.2, 0.25) is 5.91 Å². The number of rotatable bonds is 7. The second-order valence-electron chi connectivity index (χ2n) is 5.76. The average molecular weight is 309 g/mol. The van der Waals surface area contributed by atoms with Gasteiger partial charge in [-0.3, -0.25) is 4.79 Å². The van der Waals surface area contributed by atoms with Gasteiger partial charge in [-0.05, 0) is 19.3 Å². The zero-order chi connectivity index (χ0) is 14.9. The summed E-state index contributed by atoms with van der Waals surface area (Å²) in [6, 6.07) is 0.648. The Kier molecular flexibility index (Phi) is 7.16. The number of nitrogens with one attached hydrogen (secondary N) is 2. The molecular formula is C16H27N3OS. The van der Waals surface area contributed by atoms with Crippen LogP contribution in [0.4, 0.5) is 0 Å². The van der Waals surface area contributed by atoms with Gasteiger partial charge >= 0.3 is 0 Å². The van der Waals surface area contributed by atoms with Crippen LogP contribution in [0.5, 0.6) is 0 Å². The zero-order valence-electron chi connectivity index (χ0n) is 13.0. The lowest BCUT2D eigenvalue weighted by Crippen LogP contribution is -2.37. The molecule has 0 saturated heterocycles. The van der Waals surface area contributed by atoms with Crippen molar-refractivity contribution in [3.8, 4) is 0 Å². The van der Waals surface area contributed by atoms with E-state index in [1.807, 2.05) is 5.38 Å². The first-order valence-corrected chi connectivity index (χ1v) is 9.09. The van der Waals surface area contributed by atoms with Crippen LogP contribution in [0, 0.1) is 0 Å². The van der Waals surface area contributed by atoms with Gasteiger partial charge in [0.05, 0.1) is 17.1 Å². The predicted octanol–water partition coefficient (Wildman–Crippen LogP) is 2.68. The van der Waals surface area contributed by atoms with Gasteiger partial charge in [-0.1, -0.05) is 32.6 Å². The van der Waals surface area contributed by atoms with E-state index in [9.17, 15) is 4.79 Å². The highest BCUT2D eigenvalue weighted by molar-refractivity contribution is 7.09. The molecule has 0 aliphatic heterocycles. The van der Waals surface area contributed by atoms with Crippen LogP contribution in [0.3, 0.4) is 0 Å². The van der Waals surface area contributed by atoms with Gasteiger partial charge in [-0.15, -0.1) is 11.3 Å². The van der Waals surface area contributed by atoms with Crippen molar-refractivity contribution < 1.29 is 4.79 Å². The molecule has 1 aromatic rings. The van der Waals surface area contributed by atoms with E-state index in [0.717, 1.165) is 23.7 Å². The Bertz CT molecular complexity index is 425. The van der Waals surface area contributed by atoms with E-state index in [2.05, 4.69) is 22.5 Å². The first-order chi connectivity index (χ1) is 10.3. The van der Waals surface area contributed by atoms with Crippen LogP contribution in [0.2, 0.25) is 0 Å². The standard InChI is InChI=1S/C16H27N3OS/c1-2-16-19-14(12-21-16)11-15(20)18-10-9-17-13-7-5-3-4-6-8-13/h12-13,17H,2-11H2,1H3,(H,18,20). The lowest BCUT2D eigenvalue weighted by molar-refractivity contribution is -0.120. The molecule has 0 aromatic carbocycles. The maximum absolute atomic E-state index is 11.8. The van der Waals surface area contributed by atoms with Crippen molar-refractivity contribution in [2.45, 2.75) is 64.3 Å². The quantitative estimate of drug-likeness (QED) is 0.601. The van der Waals surface area contributed by atoms with E-state index in [-0.39, 0.29) is 5.91 Å². The molecule has 0 atom stereocenters. The Hall–Kier alpha value is -0.940. The second-order valence-corrected chi connectivity index (χ2v) is 6.70. The minimum Gasteiger partial charge on any atom is -0.354 e. The number of aromatic nitrogens is 1. The monoisotopic (exact) mass is 309 g/mol. The first kappa shape index (κ1) is 16.4. The molecule has 1 heterocycles. The third-order valence-electron chi connectivity index (χ3n) is 3.98. The Morgan fingerprint density at radius 1 is 1.29 bits per heavy atom. The average Bonchev–Trinajstić information content (AvgIpc) is 2.77. The zero-order valence-corrected chi connectivity index (χ0v) is 13.8. The second kappa shape index (κ2) is 9.15. The third kappa shape index (κ3) is 6.14. The van der Waals surface area contributed by atoms with Crippen LogP contribution in [0.25, 0.3) is 0 Å². The molecule has 0 bridgehead atoms. The molecule has 0 radical (unpaired) electrons. The van der Waals surface area contributed by atoms with Gasteiger partial charge in [0.1, 0.15) is 0 Å². The molecule has 118 valence electrons. The van der Waals surface area contributed by atoms with Crippen LogP contribution in [-0.2, 0) is 17.6 Å². The maximum atomic E-state index is 11.8. The summed E-state index contributed by atoms with van der Waals surface area (Å²) in [4.78, 5) is 16.3. The van der Waals surface area contributed by atoms with Crippen LogP contribution >= 0.6 is 11.3 Å². The van der Waals surface area contributed by atoms with Gasteiger partial charge in [-0.25, -0.2) is 4.98 Å². The maximum Gasteiger partial charge on any atom is 0.226 e. The number of thiazole rings is 1. The molecule has 1 aliphatic rings. The van der Waals surface area contributed by atoms with Crippen LogP contribution in [0.1, 0.15) is 56.2 Å². The van der Waals surface area contributed by atoms with Gasteiger partial charge in [0, 0.05) is 24.5 Å². The fourth-order valence-electron chi connectivity index (χ4n) is 2.78. The highest BCUT2D eigenvalue weighted by Crippen LogP contribution is 2.16. The number of carbonyl (C=O) groups is 1. The fraction of sp³-hybridized carbons (Fsp3) is 0.750. The molecular weight excluding hydrogens is 282 g/mol. The molecule has 2 rings (SSSR count). The topological polar surface area (TPSA) is 54.0 Å². The molecule has 5 heteroatoms. The predicted molar refractivity (Wildman–Crippen MR) is 87.7 cm³/mol. The summed E-state index contributed by atoms with van der Waals surface area (Å²) in [7, 11) is 0. The number of nitrogens with zero attached hydrogens (tertiary/aromatic N) is 1. The summed E-state index contributed by atoms with van der Waals surface area (Å²) in [6.45, 7) is 3.66. The molecule has 1 saturated carbocycles. The molecule has 4 nitrogen and oxygen atoms in total. The molecule has 2 N–H and O–H groups in total. The molecule has 0 unspecified atom stereocenters. The van der Waals surface area contributed by atoms with Crippen molar-refractivity contribution in [3.05, 3.63) is 16.1 Å². The Labute approximate surface area is 131 Å². The summed E-state index contributed by atoms with van der Waals surface area (Å²) < 4.78 is 0. The Morgan fingerprint density at radius 2 is 2.05 bits per heavy atom. The van der Waals surface area contributed by atoms with Gasteiger partial charge in [-0.2, -0.15) is 0 Å². The fourth-order valence-corrected chi connectivity index (χ4v) is 3.53. The van der Waals surface area contributed by atoms with Gasteiger partial charge < -0.3 is 10.6 Å².